The van der Waals surface area contributed by atoms with Gasteiger partial charge in [-0.05, 0) is 12.1 Å². The molecule has 1 amide bonds. The number of nitrogens with zero attached hydrogens (tertiary/aromatic N) is 1. The van der Waals surface area contributed by atoms with Crippen molar-refractivity contribution in [3.63, 3.8) is 0 Å². The Balaban J connectivity index is 2.18. The van der Waals surface area contributed by atoms with Gasteiger partial charge in [-0.25, -0.2) is 4.39 Å². The summed E-state index contributed by atoms with van der Waals surface area (Å²) in [4.78, 5) is 12.7. The number of halogens is 4. The zero-order valence-corrected chi connectivity index (χ0v) is 9.75. The number of benzene rings is 1. The van der Waals surface area contributed by atoms with E-state index in [1.54, 1.807) is 0 Å². The predicted octanol–water partition coefficient (Wildman–Crippen LogP) is 1.97. The maximum atomic E-state index is 13.4. The lowest BCUT2D eigenvalue weighted by Gasteiger charge is -2.25. The maximum Gasteiger partial charge on any atom is 0.419 e. The fourth-order valence-electron chi connectivity index (χ4n) is 2.00. The zero-order chi connectivity index (χ0) is 14.3. The minimum Gasteiger partial charge on any atom is -0.379 e. The van der Waals surface area contributed by atoms with E-state index in [4.69, 9.17) is 0 Å². The molecule has 1 saturated heterocycles. The van der Waals surface area contributed by atoms with Gasteiger partial charge in [0.1, 0.15) is 5.82 Å². The smallest absolute Gasteiger partial charge is 0.379 e. The van der Waals surface area contributed by atoms with Crippen LogP contribution in [0.3, 0.4) is 0 Å². The minimum atomic E-state index is -4.81. The SMILES string of the molecule is O=C(c1ccccc1F)N1CC[C@](O)(C(F)(F)F)C1. The van der Waals surface area contributed by atoms with Crippen molar-refractivity contribution in [2.45, 2.75) is 18.2 Å². The number of amides is 1. The van der Waals surface area contributed by atoms with Crippen LogP contribution in [-0.2, 0) is 0 Å². The topological polar surface area (TPSA) is 40.5 Å². The molecule has 1 N–H and O–H groups in total. The molecule has 1 atom stereocenters. The molecule has 1 aliphatic heterocycles. The summed E-state index contributed by atoms with van der Waals surface area (Å²) < 4.78 is 51.2. The number of carbonyl (C=O) groups excluding carboxylic acids is 1. The second-order valence-electron chi connectivity index (χ2n) is 4.49. The molecule has 1 aliphatic rings. The van der Waals surface area contributed by atoms with Gasteiger partial charge in [0.25, 0.3) is 5.91 Å². The van der Waals surface area contributed by atoms with Gasteiger partial charge in [0.2, 0.25) is 0 Å². The Labute approximate surface area is 106 Å². The number of alkyl halides is 3. The molecule has 2 rings (SSSR count). The number of rotatable bonds is 1. The molecule has 0 radical (unpaired) electrons. The molecule has 0 saturated carbocycles. The highest BCUT2D eigenvalue weighted by Gasteiger charge is 2.57. The second-order valence-corrected chi connectivity index (χ2v) is 4.49. The summed E-state index contributed by atoms with van der Waals surface area (Å²) in [6.07, 6.45) is -5.41. The first-order chi connectivity index (χ1) is 8.74. The Morgan fingerprint density at radius 1 is 1.32 bits per heavy atom. The van der Waals surface area contributed by atoms with Crippen molar-refractivity contribution in [3.05, 3.63) is 35.6 Å². The van der Waals surface area contributed by atoms with Crippen molar-refractivity contribution in [2.75, 3.05) is 13.1 Å². The fraction of sp³-hybridized carbons (Fsp3) is 0.417. The van der Waals surface area contributed by atoms with Crippen LogP contribution in [-0.4, -0.2) is 40.8 Å². The van der Waals surface area contributed by atoms with E-state index < -0.39 is 36.5 Å². The van der Waals surface area contributed by atoms with Gasteiger partial charge in [-0.1, -0.05) is 12.1 Å². The van der Waals surface area contributed by atoms with Gasteiger partial charge in [-0.2, -0.15) is 13.2 Å². The van der Waals surface area contributed by atoms with Crippen LogP contribution in [0.4, 0.5) is 17.6 Å². The summed E-state index contributed by atoms with van der Waals surface area (Å²) in [6, 6.07) is 5.05. The summed E-state index contributed by atoms with van der Waals surface area (Å²) >= 11 is 0. The highest BCUT2D eigenvalue weighted by atomic mass is 19.4. The van der Waals surface area contributed by atoms with Gasteiger partial charge in [-0.15, -0.1) is 0 Å². The highest BCUT2D eigenvalue weighted by Crippen LogP contribution is 2.38. The molecule has 0 spiro atoms. The van der Waals surface area contributed by atoms with Crippen molar-refractivity contribution >= 4 is 5.91 Å². The van der Waals surface area contributed by atoms with Crippen LogP contribution < -0.4 is 0 Å². The molecule has 3 nitrogen and oxygen atoms in total. The van der Waals surface area contributed by atoms with Gasteiger partial charge in [0.05, 0.1) is 12.1 Å². The first-order valence-electron chi connectivity index (χ1n) is 5.57. The Morgan fingerprint density at radius 2 is 1.95 bits per heavy atom. The van der Waals surface area contributed by atoms with Crippen LogP contribution in [0.25, 0.3) is 0 Å². The van der Waals surface area contributed by atoms with Crippen LogP contribution >= 0.6 is 0 Å². The zero-order valence-electron chi connectivity index (χ0n) is 9.75. The monoisotopic (exact) mass is 277 g/mol. The van der Waals surface area contributed by atoms with Gasteiger partial charge < -0.3 is 10.0 Å². The van der Waals surface area contributed by atoms with E-state index in [0.717, 1.165) is 11.0 Å². The standard InChI is InChI=1S/C12H11F4NO2/c13-9-4-2-1-3-8(9)10(18)17-6-5-11(19,7-17)12(14,15)16/h1-4,19H,5-7H2/t11-/m1/s1. The number of hydrogen-bond acceptors (Lipinski definition) is 2. The third-order valence-electron chi connectivity index (χ3n) is 3.17. The molecule has 1 fully saturated rings. The van der Waals surface area contributed by atoms with Crippen LogP contribution in [0.2, 0.25) is 0 Å². The number of likely N-dealkylation sites (tertiary alicyclic amines) is 1. The van der Waals surface area contributed by atoms with Crippen LogP contribution in [0.5, 0.6) is 0 Å². The Bertz CT molecular complexity index is 503. The summed E-state index contributed by atoms with van der Waals surface area (Å²) in [5.74, 6) is -1.65. The molecular formula is C12H11F4NO2. The fourth-order valence-corrected chi connectivity index (χ4v) is 2.00. The summed E-state index contributed by atoms with van der Waals surface area (Å²) in [6.45, 7) is -1.13. The lowest BCUT2D eigenvalue weighted by Crippen LogP contribution is -2.48. The third kappa shape index (κ3) is 2.42. The second kappa shape index (κ2) is 4.48. The number of carbonyl (C=O) groups is 1. The van der Waals surface area contributed by atoms with Crippen molar-refractivity contribution < 1.29 is 27.5 Å². The minimum absolute atomic E-state index is 0.261. The van der Waals surface area contributed by atoms with E-state index in [9.17, 15) is 27.5 Å². The quantitative estimate of drug-likeness (QED) is 0.797. The molecular weight excluding hydrogens is 266 g/mol. The van der Waals surface area contributed by atoms with Crippen LogP contribution in [0.1, 0.15) is 16.8 Å². The van der Waals surface area contributed by atoms with E-state index >= 15 is 0 Å². The lowest BCUT2D eigenvalue weighted by molar-refractivity contribution is -0.253. The van der Waals surface area contributed by atoms with Crippen LogP contribution in [0, 0.1) is 5.82 Å². The molecule has 1 aromatic carbocycles. The predicted molar refractivity (Wildman–Crippen MR) is 57.9 cm³/mol. The van der Waals surface area contributed by atoms with E-state index in [0.29, 0.717) is 0 Å². The van der Waals surface area contributed by atoms with Gasteiger partial charge in [0, 0.05) is 13.0 Å². The van der Waals surface area contributed by atoms with Crippen molar-refractivity contribution in [1.29, 1.82) is 0 Å². The third-order valence-corrected chi connectivity index (χ3v) is 3.17. The number of hydrogen-bond donors (Lipinski definition) is 1. The summed E-state index contributed by atoms with van der Waals surface area (Å²) in [5, 5.41) is 9.45. The lowest BCUT2D eigenvalue weighted by atomic mass is 10.0. The number of β-amino-alcohol motifs (C(OH)–C–C–N with tert-alkyl or cyclic N) is 1. The van der Waals surface area contributed by atoms with E-state index in [1.807, 2.05) is 0 Å². The van der Waals surface area contributed by atoms with Gasteiger partial charge >= 0.3 is 6.18 Å². The van der Waals surface area contributed by atoms with Crippen molar-refractivity contribution in [2.24, 2.45) is 0 Å². The van der Waals surface area contributed by atoms with E-state index in [1.165, 1.54) is 18.2 Å². The molecule has 0 aliphatic carbocycles. The molecule has 0 aromatic heterocycles. The average Bonchev–Trinajstić information content (AvgIpc) is 2.72. The molecule has 7 heteroatoms. The Morgan fingerprint density at radius 3 is 2.47 bits per heavy atom. The maximum absolute atomic E-state index is 13.4. The van der Waals surface area contributed by atoms with Crippen molar-refractivity contribution in [3.8, 4) is 0 Å². The molecule has 19 heavy (non-hydrogen) atoms. The van der Waals surface area contributed by atoms with Crippen molar-refractivity contribution in [1.82, 2.24) is 4.90 Å². The van der Waals surface area contributed by atoms with E-state index in [2.05, 4.69) is 0 Å². The van der Waals surface area contributed by atoms with E-state index in [-0.39, 0.29) is 12.1 Å². The van der Waals surface area contributed by atoms with Gasteiger partial charge in [-0.3, -0.25) is 4.79 Å². The first-order valence-corrected chi connectivity index (χ1v) is 5.57. The summed E-state index contributed by atoms with van der Waals surface area (Å²) in [5.41, 5.74) is -3.21. The summed E-state index contributed by atoms with van der Waals surface area (Å²) in [7, 11) is 0. The largest absolute Gasteiger partial charge is 0.419 e. The Kier molecular flexibility index (Phi) is 3.25. The number of aliphatic hydroxyl groups is 1. The molecule has 1 aromatic rings. The van der Waals surface area contributed by atoms with Crippen LogP contribution in [0.15, 0.2) is 24.3 Å². The Hall–Kier alpha value is -1.63. The normalized spacial score (nSPS) is 23.7. The van der Waals surface area contributed by atoms with Gasteiger partial charge in [0.15, 0.2) is 5.60 Å². The average molecular weight is 277 g/mol. The molecule has 0 unspecified atom stereocenters. The molecule has 1 heterocycles. The molecule has 104 valence electrons. The highest BCUT2D eigenvalue weighted by molar-refractivity contribution is 5.94. The molecule has 0 bridgehead atoms. The first kappa shape index (κ1) is 13.8.